The number of nitrogens with zero attached hydrogens (tertiary/aromatic N) is 1. The number of fused-ring (bicyclic) bond motifs is 5. The molecule has 5 fully saturated rings. The Morgan fingerprint density at radius 2 is 1.78 bits per heavy atom. The minimum atomic E-state index is -0.359. The maximum absolute atomic E-state index is 12.6. The van der Waals surface area contributed by atoms with Crippen LogP contribution in [0.2, 0.25) is 0 Å². The van der Waals surface area contributed by atoms with Gasteiger partial charge < -0.3 is 25.5 Å². The van der Waals surface area contributed by atoms with Crippen LogP contribution in [0.15, 0.2) is 0 Å². The van der Waals surface area contributed by atoms with E-state index >= 15 is 0 Å². The van der Waals surface area contributed by atoms with Crippen molar-refractivity contribution in [2.75, 3.05) is 26.2 Å². The Morgan fingerprint density at radius 1 is 1.03 bits per heavy atom. The van der Waals surface area contributed by atoms with Gasteiger partial charge in [0.1, 0.15) is 0 Å². The SMILES string of the molecule is C[C@H](CCC(=O)NCCN1CCCC1)[C@H]1CC[C@H]2[C@@H]3[C@H](O)C[C@@H]4C[C@H](O)CC[C@]4(C)[C@H]3C[C@H](O)[C@]12C. The molecule has 6 heteroatoms. The number of aliphatic hydroxyl groups is 3. The fourth-order valence-corrected chi connectivity index (χ4v) is 10.1. The number of likely N-dealkylation sites (tertiary alicyclic amines) is 1. The van der Waals surface area contributed by atoms with Crippen molar-refractivity contribution in [1.29, 1.82) is 0 Å². The van der Waals surface area contributed by atoms with Crippen molar-refractivity contribution in [2.45, 2.75) is 110 Å². The molecule has 206 valence electrons. The van der Waals surface area contributed by atoms with Crippen molar-refractivity contribution in [1.82, 2.24) is 10.2 Å². The van der Waals surface area contributed by atoms with Crippen molar-refractivity contribution < 1.29 is 20.1 Å². The summed E-state index contributed by atoms with van der Waals surface area (Å²) in [6.07, 6.45) is 9.46. The van der Waals surface area contributed by atoms with Crippen LogP contribution >= 0.6 is 0 Å². The van der Waals surface area contributed by atoms with E-state index in [0.717, 1.165) is 77.5 Å². The fraction of sp³-hybridized carbons (Fsp3) is 0.967. The molecule has 0 bridgehead atoms. The Hall–Kier alpha value is -0.690. The largest absolute Gasteiger partial charge is 0.393 e. The minimum absolute atomic E-state index is 0.113. The summed E-state index contributed by atoms with van der Waals surface area (Å²) in [4.78, 5) is 15.0. The zero-order valence-corrected chi connectivity index (χ0v) is 23.0. The van der Waals surface area contributed by atoms with Gasteiger partial charge in [0, 0.05) is 19.5 Å². The first kappa shape index (κ1) is 26.9. The van der Waals surface area contributed by atoms with Crippen LogP contribution < -0.4 is 5.32 Å². The van der Waals surface area contributed by atoms with Crippen molar-refractivity contribution >= 4 is 5.91 Å². The van der Waals surface area contributed by atoms with E-state index in [2.05, 4.69) is 31.0 Å². The molecule has 0 spiro atoms. The van der Waals surface area contributed by atoms with Crippen LogP contribution in [-0.2, 0) is 4.79 Å². The van der Waals surface area contributed by atoms with Crippen molar-refractivity contribution in [3.05, 3.63) is 0 Å². The number of carbonyl (C=O) groups excluding carboxylic acids is 1. The van der Waals surface area contributed by atoms with Crippen molar-refractivity contribution in [3.8, 4) is 0 Å². The average Bonchev–Trinajstić information content (AvgIpc) is 3.48. The molecule has 4 N–H and O–H groups in total. The number of nitrogens with one attached hydrogen (secondary N) is 1. The smallest absolute Gasteiger partial charge is 0.220 e. The van der Waals surface area contributed by atoms with E-state index in [9.17, 15) is 20.1 Å². The Bertz CT molecular complexity index is 787. The third kappa shape index (κ3) is 4.67. The molecule has 4 saturated carbocycles. The molecule has 1 amide bonds. The summed E-state index contributed by atoms with van der Waals surface area (Å²) in [5.74, 6) is 2.21. The molecule has 0 radical (unpaired) electrons. The number of aliphatic hydroxyl groups excluding tert-OH is 3. The molecule has 4 aliphatic carbocycles. The molecule has 11 atom stereocenters. The molecule has 0 unspecified atom stereocenters. The van der Waals surface area contributed by atoms with Gasteiger partial charge in [-0.1, -0.05) is 20.8 Å². The van der Waals surface area contributed by atoms with E-state index in [1.165, 1.54) is 12.8 Å². The molecule has 5 rings (SSSR count). The summed E-state index contributed by atoms with van der Waals surface area (Å²) in [6, 6.07) is 0. The molecule has 0 aromatic rings. The van der Waals surface area contributed by atoms with Crippen LogP contribution in [0, 0.1) is 46.3 Å². The van der Waals surface area contributed by atoms with Gasteiger partial charge in [-0.15, -0.1) is 0 Å². The molecule has 0 aromatic carbocycles. The third-order valence-corrected chi connectivity index (χ3v) is 12.3. The Kier molecular flexibility index (Phi) is 7.82. The highest BCUT2D eigenvalue weighted by atomic mass is 16.3. The predicted molar refractivity (Wildman–Crippen MR) is 141 cm³/mol. The van der Waals surface area contributed by atoms with E-state index < -0.39 is 0 Å². The van der Waals surface area contributed by atoms with Crippen LogP contribution in [0.4, 0.5) is 0 Å². The van der Waals surface area contributed by atoms with Crippen LogP contribution in [-0.4, -0.2) is 70.6 Å². The van der Waals surface area contributed by atoms with E-state index in [4.69, 9.17) is 0 Å². The Morgan fingerprint density at radius 3 is 2.53 bits per heavy atom. The topological polar surface area (TPSA) is 93.0 Å². The highest BCUT2D eigenvalue weighted by Gasteiger charge is 2.65. The maximum atomic E-state index is 12.6. The molecule has 6 nitrogen and oxygen atoms in total. The molecular formula is C30H52N2O4. The molecular weight excluding hydrogens is 452 g/mol. The number of hydrogen-bond acceptors (Lipinski definition) is 5. The monoisotopic (exact) mass is 504 g/mol. The second kappa shape index (κ2) is 10.5. The Labute approximate surface area is 218 Å². The summed E-state index contributed by atoms with van der Waals surface area (Å²) >= 11 is 0. The molecule has 0 aromatic heterocycles. The van der Waals surface area contributed by atoms with Gasteiger partial charge in [0.15, 0.2) is 0 Å². The molecule has 5 aliphatic rings. The lowest BCUT2D eigenvalue weighted by molar-refractivity contribution is -0.207. The van der Waals surface area contributed by atoms with Gasteiger partial charge in [0.2, 0.25) is 5.91 Å². The number of carbonyl (C=O) groups is 1. The second-order valence-corrected chi connectivity index (χ2v) is 13.9. The minimum Gasteiger partial charge on any atom is -0.393 e. The van der Waals surface area contributed by atoms with Gasteiger partial charge in [0.25, 0.3) is 0 Å². The zero-order valence-electron chi connectivity index (χ0n) is 23.0. The highest BCUT2D eigenvalue weighted by molar-refractivity contribution is 5.75. The third-order valence-electron chi connectivity index (χ3n) is 12.3. The van der Waals surface area contributed by atoms with Crippen molar-refractivity contribution in [2.24, 2.45) is 46.3 Å². The average molecular weight is 505 g/mol. The molecule has 1 heterocycles. The van der Waals surface area contributed by atoms with E-state index in [1.54, 1.807) is 0 Å². The maximum Gasteiger partial charge on any atom is 0.220 e. The second-order valence-electron chi connectivity index (χ2n) is 13.9. The van der Waals surface area contributed by atoms with Gasteiger partial charge in [-0.3, -0.25) is 4.79 Å². The van der Waals surface area contributed by atoms with Crippen LogP contribution in [0.1, 0.15) is 91.4 Å². The van der Waals surface area contributed by atoms with Crippen LogP contribution in [0.5, 0.6) is 0 Å². The summed E-state index contributed by atoms with van der Waals surface area (Å²) in [7, 11) is 0. The van der Waals surface area contributed by atoms with Gasteiger partial charge in [-0.05, 0) is 124 Å². The van der Waals surface area contributed by atoms with Gasteiger partial charge in [-0.25, -0.2) is 0 Å². The summed E-state index contributed by atoms with van der Waals surface area (Å²) in [5, 5.41) is 36.6. The fourth-order valence-electron chi connectivity index (χ4n) is 10.1. The quantitative estimate of drug-likeness (QED) is 0.425. The lowest BCUT2D eigenvalue weighted by Crippen LogP contribution is -2.62. The first-order valence-electron chi connectivity index (χ1n) is 15.2. The Balaban J connectivity index is 1.21. The van der Waals surface area contributed by atoms with Gasteiger partial charge >= 0.3 is 0 Å². The van der Waals surface area contributed by atoms with Crippen molar-refractivity contribution in [3.63, 3.8) is 0 Å². The normalized spacial score (nSPS) is 47.6. The first-order valence-corrected chi connectivity index (χ1v) is 15.2. The lowest BCUT2D eigenvalue weighted by atomic mass is 9.43. The lowest BCUT2D eigenvalue weighted by Gasteiger charge is -2.63. The summed E-state index contributed by atoms with van der Waals surface area (Å²) < 4.78 is 0. The van der Waals surface area contributed by atoms with E-state index in [-0.39, 0.29) is 41.0 Å². The molecule has 36 heavy (non-hydrogen) atoms. The predicted octanol–water partition coefficient (Wildman–Crippen LogP) is 3.58. The number of rotatable bonds is 7. The summed E-state index contributed by atoms with van der Waals surface area (Å²) in [5.41, 5.74) is -0.0759. The first-order chi connectivity index (χ1) is 17.1. The van der Waals surface area contributed by atoms with Gasteiger partial charge in [-0.2, -0.15) is 0 Å². The number of amides is 1. The molecule has 1 saturated heterocycles. The molecule has 1 aliphatic heterocycles. The van der Waals surface area contributed by atoms with Crippen LogP contribution in [0.3, 0.4) is 0 Å². The van der Waals surface area contributed by atoms with E-state index in [1.807, 2.05) is 0 Å². The van der Waals surface area contributed by atoms with E-state index in [0.29, 0.717) is 36.0 Å². The number of hydrogen-bond donors (Lipinski definition) is 4. The van der Waals surface area contributed by atoms with Crippen LogP contribution in [0.25, 0.3) is 0 Å². The zero-order chi connectivity index (χ0) is 25.7. The van der Waals surface area contributed by atoms with Gasteiger partial charge in [0.05, 0.1) is 18.3 Å². The standard InChI is InChI=1S/C30H52N2O4/c1-19(6-9-27(36)31-12-15-32-13-4-5-14-32)22-7-8-23-28-24(18-26(35)30(22,23)3)29(2)11-10-21(33)16-20(29)17-25(28)34/h19-26,28,33-35H,4-18H2,1-3H3,(H,31,36)/t19-,20+,21-,22-,23+,24+,25-,26+,28+,29+,30-/m1/s1. The summed E-state index contributed by atoms with van der Waals surface area (Å²) in [6.45, 7) is 11.0. The highest BCUT2D eigenvalue weighted by Crippen LogP contribution is 2.68.